The third kappa shape index (κ3) is 6.46. The Labute approximate surface area is 181 Å². The molecule has 3 rings (SSSR count). The van der Waals surface area contributed by atoms with E-state index >= 15 is 0 Å². The standard InChI is InChI=1S/C19H26N6S.HI/c1-3-20-19(22-11-9-16-13-26-15(2)24-16)21-10-6-12-25-14-23-17-7-4-5-8-18(17)25;/h4-5,7-8,13-14H,3,6,9-12H2,1-2H3,(H2,20,21,22);1H. The van der Waals surface area contributed by atoms with Crippen LogP contribution in [0.5, 0.6) is 0 Å². The van der Waals surface area contributed by atoms with Crippen molar-refractivity contribution in [2.75, 3.05) is 19.6 Å². The molecule has 2 aromatic heterocycles. The van der Waals surface area contributed by atoms with Gasteiger partial charge in [0.15, 0.2) is 5.96 Å². The zero-order chi connectivity index (χ0) is 18.2. The first kappa shape index (κ1) is 21.6. The molecule has 0 unspecified atom stereocenters. The molecule has 0 aliphatic rings. The Bertz CT molecular complexity index is 857. The summed E-state index contributed by atoms with van der Waals surface area (Å²) in [6, 6.07) is 8.22. The highest BCUT2D eigenvalue weighted by atomic mass is 127. The molecule has 2 heterocycles. The molecule has 6 nitrogen and oxygen atoms in total. The van der Waals surface area contributed by atoms with Gasteiger partial charge in [0.25, 0.3) is 0 Å². The van der Waals surface area contributed by atoms with Crippen molar-refractivity contribution in [2.45, 2.75) is 33.2 Å². The van der Waals surface area contributed by atoms with E-state index in [-0.39, 0.29) is 24.0 Å². The fraction of sp³-hybridized carbons (Fsp3) is 0.421. The van der Waals surface area contributed by atoms with Gasteiger partial charge in [0.2, 0.25) is 0 Å². The topological polar surface area (TPSA) is 67.1 Å². The summed E-state index contributed by atoms with van der Waals surface area (Å²) in [5, 5.41) is 9.93. The lowest BCUT2D eigenvalue weighted by Gasteiger charge is -2.11. The number of rotatable bonds is 8. The first-order valence-corrected chi connectivity index (χ1v) is 9.97. The summed E-state index contributed by atoms with van der Waals surface area (Å²) < 4.78 is 2.19. The number of nitrogens with zero attached hydrogens (tertiary/aromatic N) is 4. The average molecular weight is 498 g/mol. The number of hydrogen-bond acceptors (Lipinski definition) is 4. The van der Waals surface area contributed by atoms with E-state index < -0.39 is 0 Å². The minimum absolute atomic E-state index is 0. The lowest BCUT2D eigenvalue weighted by atomic mass is 10.3. The van der Waals surface area contributed by atoms with E-state index in [1.165, 1.54) is 5.52 Å². The predicted octanol–water partition coefficient (Wildman–Crippen LogP) is 3.61. The van der Waals surface area contributed by atoms with Crippen LogP contribution in [0.3, 0.4) is 0 Å². The van der Waals surface area contributed by atoms with Gasteiger partial charge in [-0.05, 0) is 32.4 Å². The molecular weight excluding hydrogens is 471 g/mol. The Morgan fingerprint density at radius 2 is 2.11 bits per heavy atom. The highest BCUT2D eigenvalue weighted by molar-refractivity contribution is 14.0. The molecule has 0 fully saturated rings. The van der Waals surface area contributed by atoms with Crippen LogP contribution in [0.1, 0.15) is 24.0 Å². The summed E-state index contributed by atoms with van der Waals surface area (Å²) in [6.07, 6.45) is 3.80. The van der Waals surface area contributed by atoms with Crippen LogP contribution in [-0.4, -0.2) is 40.1 Å². The van der Waals surface area contributed by atoms with Crippen molar-refractivity contribution < 1.29 is 0 Å². The number of thiazole rings is 1. The number of para-hydroxylation sites is 2. The Balaban J connectivity index is 0.00000261. The van der Waals surface area contributed by atoms with Crippen LogP contribution < -0.4 is 10.6 Å². The predicted molar refractivity (Wildman–Crippen MR) is 124 cm³/mol. The quantitative estimate of drug-likeness (QED) is 0.216. The van der Waals surface area contributed by atoms with Crippen LogP contribution in [0.25, 0.3) is 11.0 Å². The number of imidazole rings is 1. The summed E-state index contributed by atoms with van der Waals surface area (Å²) >= 11 is 1.70. The number of benzene rings is 1. The van der Waals surface area contributed by atoms with E-state index in [2.05, 4.69) is 54.6 Å². The largest absolute Gasteiger partial charge is 0.357 e. The summed E-state index contributed by atoms with van der Waals surface area (Å²) in [5.41, 5.74) is 3.37. The summed E-state index contributed by atoms with van der Waals surface area (Å²) in [4.78, 5) is 13.6. The Hall–Kier alpha value is -1.68. The van der Waals surface area contributed by atoms with Crippen molar-refractivity contribution in [2.24, 2.45) is 4.99 Å². The Morgan fingerprint density at radius 1 is 1.26 bits per heavy atom. The highest BCUT2D eigenvalue weighted by Crippen LogP contribution is 2.12. The van der Waals surface area contributed by atoms with Gasteiger partial charge in [0.1, 0.15) is 0 Å². The van der Waals surface area contributed by atoms with Crippen LogP contribution >= 0.6 is 35.3 Å². The van der Waals surface area contributed by atoms with Crippen molar-refractivity contribution in [3.63, 3.8) is 0 Å². The van der Waals surface area contributed by atoms with E-state index in [4.69, 9.17) is 0 Å². The number of nitrogens with one attached hydrogen (secondary N) is 2. The number of fused-ring (bicyclic) bond motifs is 1. The smallest absolute Gasteiger partial charge is 0.191 e. The molecule has 2 N–H and O–H groups in total. The van der Waals surface area contributed by atoms with Crippen molar-refractivity contribution in [3.8, 4) is 0 Å². The van der Waals surface area contributed by atoms with E-state index in [0.29, 0.717) is 0 Å². The maximum Gasteiger partial charge on any atom is 0.191 e. The Morgan fingerprint density at radius 3 is 2.89 bits per heavy atom. The molecule has 0 spiro atoms. The summed E-state index contributed by atoms with van der Waals surface area (Å²) in [6.45, 7) is 7.50. The fourth-order valence-corrected chi connectivity index (χ4v) is 3.44. The molecule has 0 amide bonds. The van der Waals surface area contributed by atoms with Crippen molar-refractivity contribution in [1.29, 1.82) is 0 Å². The SMILES string of the molecule is CCNC(=NCCCn1cnc2ccccc21)NCCc1csc(C)n1.I. The Kier molecular flexibility index (Phi) is 8.99. The maximum absolute atomic E-state index is 4.67. The van der Waals surface area contributed by atoms with Gasteiger partial charge in [-0.25, -0.2) is 9.97 Å². The molecule has 0 aliphatic carbocycles. The first-order valence-electron chi connectivity index (χ1n) is 9.09. The molecule has 8 heteroatoms. The molecule has 3 aromatic rings. The highest BCUT2D eigenvalue weighted by Gasteiger charge is 2.02. The van der Waals surface area contributed by atoms with Gasteiger partial charge >= 0.3 is 0 Å². The number of aromatic nitrogens is 3. The van der Waals surface area contributed by atoms with Crippen molar-refractivity contribution in [1.82, 2.24) is 25.2 Å². The fourth-order valence-electron chi connectivity index (χ4n) is 2.79. The van der Waals surface area contributed by atoms with Crippen LogP contribution in [0.2, 0.25) is 0 Å². The zero-order valence-electron chi connectivity index (χ0n) is 15.8. The lowest BCUT2D eigenvalue weighted by molar-refractivity contribution is 0.661. The summed E-state index contributed by atoms with van der Waals surface area (Å²) in [7, 11) is 0. The maximum atomic E-state index is 4.67. The molecule has 1 aromatic carbocycles. The molecule has 0 atom stereocenters. The lowest BCUT2D eigenvalue weighted by Crippen LogP contribution is -2.38. The van der Waals surface area contributed by atoms with Crippen molar-refractivity contribution >= 4 is 52.3 Å². The third-order valence-electron chi connectivity index (χ3n) is 4.04. The van der Waals surface area contributed by atoms with Crippen molar-refractivity contribution in [3.05, 3.63) is 46.7 Å². The second kappa shape index (κ2) is 11.2. The second-order valence-corrected chi connectivity index (χ2v) is 7.14. The molecule has 0 aliphatic heterocycles. The van der Waals surface area contributed by atoms with Gasteiger partial charge in [0.05, 0.1) is 28.1 Å². The number of aryl methyl sites for hydroxylation is 2. The number of hydrogen-bond donors (Lipinski definition) is 2. The minimum Gasteiger partial charge on any atom is -0.357 e. The van der Waals surface area contributed by atoms with Crippen LogP contribution in [0.15, 0.2) is 41.0 Å². The normalized spacial score (nSPS) is 11.4. The molecule has 146 valence electrons. The third-order valence-corrected chi connectivity index (χ3v) is 4.86. The molecule has 0 bridgehead atoms. The minimum atomic E-state index is 0. The number of halogens is 1. The first-order chi connectivity index (χ1) is 12.8. The van der Waals surface area contributed by atoms with Gasteiger partial charge < -0.3 is 15.2 Å². The number of aliphatic imine (C=N–C) groups is 1. The van der Waals surface area contributed by atoms with E-state index in [9.17, 15) is 0 Å². The van der Waals surface area contributed by atoms with Crippen LogP contribution in [-0.2, 0) is 13.0 Å². The van der Waals surface area contributed by atoms with E-state index in [0.717, 1.165) is 61.2 Å². The van der Waals surface area contributed by atoms with Crippen LogP contribution in [0.4, 0.5) is 0 Å². The molecule has 0 saturated carbocycles. The molecule has 0 saturated heterocycles. The van der Waals surface area contributed by atoms with E-state index in [1.807, 2.05) is 25.4 Å². The van der Waals surface area contributed by atoms with Gasteiger partial charge in [0, 0.05) is 38.0 Å². The zero-order valence-corrected chi connectivity index (χ0v) is 19.0. The van der Waals surface area contributed by atoms with Gasteiger partial charge in [-0.3, -0.25) is 4.99 Å². The van der Waals surface area contributed by atoms with Crippen LogP contribution in [0, 0.1) is 6.92 Å². The number of guanidine groups is 1. The van der Waals surface area contributed by atoms with Gasteiger partial charge in [-0.2, -0.15) is 0 Å². The molecule has 0 radical (unpaired) electrons. The summed E-state index contributed by atoms with van der Waals surface area (Å²) in [5.74, 6) is 0.870. The van der Waals surface area contributed by atoms with Gasteiger partial charge in [-0.15, -0.1) is 35.3 Å². The molecular formula is C19H27IN6S. The van der Waals surface area contributed by atoms with E-state index in [1.54, 1.807) is 11.3 Å². The second-order valence-electron chi connectivity index (χ2n) is 6.08. The van der Waals surface area contributed by atoms with Gasteiger partial charge in [-0.1, -0.05) is 12.1 Å². The average Bonchev–Trinajstić information content (AvgIpc) is 3.25. The molecule has 27 heavy (non-hydrogen) atoms. The monoisotopic (exact) mass is 498 g/mol.